The van der Waals surface area contributed by atoms with E-state index in [1.165, 1.54) is 0 Å². The maximum Gasteiger partial charge on any atom is 0.118 e. The molecule has 3 N–H and O–H groups in total. The molecule has 0 radical (unpaired) electrons. The highest BCUT2D eigenvalue weighted by atomic mass is 16.5. The number of phenolic OH excluding ortho intramolecular Hbond substituents is 1. The van der Waals surface area contributed by atoms with Gasteiger partial charge in [-0.3, -0.25) is 5.32 Å². The molecule has 0 aliphatic heterocycles. The first-order chi connectivity index (χ1) is 7.33. The average molecular weight is 212 g/mol. The zero-order valence-electron chi connectivity index (χ0n) is 8.69. The Balaban J connectivity index is 2.07. The highest BCUT2D eigenvalue weighted by molar-refractivity contribution is 5.45. The fourth-order valence-electron chi connectivity index (χ4n) is 0.981. The van der Waals surface area contributed by atoms with Crippen molar-refractivity contribution in [2.24, 2.45) is 0 Å². The van der Waals surface area contributed by atoms with Crippen LogP contribution in [0.4, 0.5) is 5.69 Å². The van der Waals surface area contributed by atoms with E-state index < -0.39 is 0 Å². The minimum atomic E-state index is 0.253. The van der Waals surface area contributed by atoms with Crippen molar-refractivity contribution in [3.8, 4) is 5.75 Å². The Morgan fingerprint density at radius 2 is 1.87 bits per heavy atom. The molecule has 0 saturated heterocycles. The van der Waals surface area contributed by atoms with Crippen LogP contribution in [-0.4, -0.2) is 32.4 Å². The molecule has 0 aliphatic carbocycles. The smallest absolute Gasteiger partial charge is 0.118 e. The van der Waals surface area contributed by atoms with Crippen molar-refractivity contribution in [1.29, 1.82) is 0 Å². The molecule has 0 atom stereocenters. The summed E-state index contributed by atoms with van der Waals surface area (Å²) in [5.41, 5.74) is 0.902. The molecule has 0 spiro atoms. The first kappa shape index (κ1) is 11.8. The molecule has 0 aromatic heterocycles. The van der Waals surface area contributed by atoms with Gasteiger partial charge in [0.1, 0.15) is 19.2 Å². The van der Waals surface area contributed by atoms with E-state index >= 15 is 0 Å². The van der Waals surface area contributed by atoms with Crippen LogP contribution in [0.15, 0.2) is 24.3 Å². The number of hydrogen-bond donors (Lipinski definition) is 3. The molecule has 15 heavy (non-hydrogen) atoms. The number of aromatic hydroxyl groups is 1. The number of anilines is 1. The molecular weight excluding hydrogens is 196 g/mol. The fourth-order valence-corrected chi connectivity index (χ4v) is 0.981. The topological polar surface area (TPSA) is 62.8 Å². The van der Waals surface area contributed by atoms with Gasteiger partial charge in [-0.15, -0.1) is 0 Å². The summed E-state index contributed by atoms with van der Waals surface area (Å²) in [4.78, 5) is 0. The number of rotatable bonds is 7. The summed E-state index contributed by atoms with van der Waals surface area (Å²) < 4.78 is 9.99. The van der Waals surface area contributed by atoms with E-state index in [4.69, 9.17) is 14.6 Å². The number of phenols is 1. The Labute approximate surface area is 89.0 Å². The van der Waals surface area contributed by atoms with Gasteiger partial charge in [-0.25, -0.2) is 0 Å². The zero-order valence-corrected chi connectivity index (χ0v) is 8.69. The van der Waals surface area contributed by atoms with E-state index in [2.05, 4.69) is 10.6 Å². The quantitative estimate of drug-likeness (QED) is 0.356. The van der Waals surface area contributed by atoms with E-state index in [0.717, 1.165) is 5.69 Å². The van der Waals surface area contributed by atoms with Gasteiger partial charge >= 0.3 is 0 Å². The Bertz CT molecular complexity index is 264. The number of benzene rings is 1. The van der Waals surface area contributed by atoms with Crippen LogP contribution in [0.25, 0.3) is 0 Å². The lowest BCUT2D eigenvalue weighted by atomic mass is 10.3. The van der Waals surface area contributed by atoms with Gasteiger partial charge in [0.2, 0.25) is 0 Å². The third-order valence-corrected chi connectivity index (χ3v) is 1.70. The van der Waals surface area contributed by atoms with Crippen molar-refractivity contribution in [1.82, 2.24) is 5.32 Å². The average Bonchev–Trinajstić information content (AvgIpc) is 2.26. The Hall–Kier alpha value is -1.30. The summed E-state index contributed by atoms with van der Waals surface area (Å²) in [5, 5.41) is 15.0. The summed E-state index contributed by atoms with van der Waals surface area (Å²) in [6, 6.07) is 6.79. The second kappa shape index (κ2) is 7.05. The van der Waals surface area contributed by atoms with Crippen LogP contribution >= 0.6 is 0 Å². The normalized spacial score (nSPS) is 10.2. The fraction of sp³-hybridized carbons (Fsp3) is 0.400. The molecular formula is C10H16N2O3. The molecule has 1 aromatic carbocycles. The van der Waals surface area contributed by atoms with Crippen LogP contribution in [0.5, 0.6) is 5.75 Å². The largest absolute Gasteiger partial charge is 0.508 e. The molecule has 5 nitrogen and oxygen atoms in total. The van der Waals surface area contributed by atoms with Crippen LogP contribution in [0.1, 0.15) is 0 Å². The van der Waals surface area contributed by atoms with Gasteiger partial charge in [0, 0.05) is 12.8 Å². The van der Waals surface area contributed by atoms with E-state index in [0.29, 0.717) is 20.2 Å². The van der Waals surface area contributed by atoms with Gasteiger partial charge in [-0.2, -0.15) is 0 Å². The SMILES string of the molecule is COCNCOCNc1ccc(O)cc1. The van der Waals surface area contributed by atoms with Crippen LogP contribution in [0, 0.1) is 0 Å². The Kier molecular flexibility index (Phi) is 5.54. The minimum absolute atomic E-state index is 0.253. The molecule has 0 fully saturated rings. The third-order valence-electron chi connectivity index (χ3n) is 1.70. The summed E-state index contributed by atoms with van der Waals surface area (Å²) in [7, 11) is 1.61. The lowest BCUT2D eigenvalue weighted by molar-refractivity contribution is 0.0886. The van der Waals surface area contributed by atoms with Crippen molar-refractivity contribution in [2.45, 2.75) is 0 Å². The number of hydrogen-bond acceptors (Lipinski definition) is 5. The van der Waals surface area contributed by atoms with Crippen LogP contribution in [-0.2, 0) is 9.47 Å². The first-order valence-electron chi connectivity index (χ1n) is 4.63. The molecule has 84 valence electrons. The summed E-state index contributed by atoms with van der Waals surface area (Å²) in [6.07, 6.45) is 0. The highest BCUT2D eigenvalue weighted by Gasteiger charge is 1.91. The summed E-state index contributed by atoms with van der Waals surface area (Å²) in [5.74, 6) is 0.253. The van der Waals surface area contributed by atoms with E-state index in [9.17, 15) is 0 Å². The van der Waals surface area contributed by atoms with Crippen molar-refractivity contribution in [3.05, 3.63) is 24.3 Å². The molecule has 0 unspecified atom stereocenters. The maximum atomic E-state index is 9.04. The van der Waals surface area contributed by atoms with Crippen LogP contribution < -0.4 is 10.6 Å². The Morgan fingerprint density at radius 1 is 1.13 bits per heavy atom. The molecule has 0 aliphatic rings. The van der Waals surface area contributed by atoms with Gasteiger partial charge in [0.05, 0.1) is 6.73 Å². The van der Waals surface area contributed by atoms with E-state index in [1.54, 1.807) is 31.4 Å². The van der Waals surface area contributed by atoms with Crippen LogP contribution in [0.2, 0.25) is 0 Å². The van der Waals surface area contributed by atoms with Gasteiger partial charge in [0.15, 0.2) is 0 Å². The second-order valence-electron chi connectivity index (χ2n) is 2.90. The van der Waals surface area contributed by atoms with E-state index in [-0.39, 0.29) is 5.75 Å². The lowest BCUT2D eigenvalue weighted by Crippen LogP contribution is -2.22. The van der Waals surface area contributed by atoms with Crippen LogP contribution in [0.3, 0.4) is 0 Å². The van der Waals surface area contributed by atoms with Crippen molar-refractivity contribution in [2.75, 3.05) is 32.6 Å². The predicted octanol–water partition coefficient (Wildman–Crippen LogP) is 0.929. The van der Waals surface area contributed by atoms with E-state index in [1.807, 2.05) is 0 Å². The zero-order chi connectivity index (χ0) is 10.9. The third kappa shape index (κ3) is 5.21. The molecule has 0 bridgehead atoms. The van der Waals surface area contributed by atoms with Crippen molar-refractivity contribution >= 4 is 5.69 Å². The van der Waals surface area contributed by atoms with Gasteiger partial charge in [0.25, 0.3) is 0 Å². The van der Waals surface area contributed by atoms with Gasteiger partial charge < -0.3 is 19.9 Å². The highest BCUT2D eigenvalue weighted by Crippen LogP contribution is 2.12. The monoisotopic (exact) mass is 212 g/mol. The molecule has 0 saturated carbocycles. The first-order valence-corrected chi connectivity index (χ1v) is 4.63. The number of methoxy groups -OCH3 is 1. The number of nitrogens with one attached hydrogen (secondary N) is 2. The molecule has 5 heteroatoms. The second-order valence-corrected chi connectivity index (χ2v) is 2.90. The predicted molar refractivity (Wildman–Crippen MR) is 57.6 cm³/mol. The standard InChI is InChI=1S/C10H16N2O3/c1-14-6-11-7-15-8-12-9-2-4-10(13)5-3-9/h2-5,11-13H,6-8H2,1H3. The maximum absolute atomic E-state index is 9.04. The molecule has 1 rings (SSSR count). The van der Waals surface area contributed by atoms with Gasteiger partial charge in [-0.05, 0) is 24.3 Å². The lowest BCUT2D eigenvalue weighted by Gasteiger charge is -2.08. The summed E-state index contributed by atoms with van der Waals surface area (Å²) >= 11 is 0. The Morgan fingerprint density at radius 3 is 2.53 bits per heavy atom. The minimum Gasteiger partial charge on any atom is -0.508 e. The summed E-state index contributed by atoms with van der Waals surface area (Å²) in [6.45, 7) is 1.31. The van der Waals surface area contributed by atoms with Crippen molar-refractivity contribution < 1.29 is 14.6 Å². The van der Waals surface area contributed by atoms with Crippen molar-refractivity contribution in [3.63, 3.8) is 0 Å². The molecule has 0 amide bonds. The number of ether oxygens (including phenoxy) is 2. The van der Waals surface area contributed by atoms with Gasteiger partial charge in [-0.1, -0.05) is 0 Å². The molecule has 0 heterocycles. The molecule has 1 aromatic rings.